The Morgan fingerprint density at radius 1 is 1.08 bits per heavy atom. The molecule has 4 heteroatoms. The van der Waals surface area contributed by atoms with Crippen LogP contribution in [0.15, 0.2) is 54.6 Å². The highest BCUT2D eigenvalue weighted by Crippen LogP contribution is 2.17. The molecule has 0 heterocycles. The summed E-state index contributed by atoms with van der Waals surface area (Å²) in [4.78, 5) is 14.3. The minimum Gasteiger partial charge on any atom is -0.496 e. The third kappa shape index (κ3) is 5.70. The van der Waals surface area contributed by atoms with Crippen LogP contribution in [0.2, 0.25) is 0 Å². The van der Waals surface area contributed by atoms with Gasteiger partial charge in [0.15, 0.2) is 0 Å². The number of amides is 1. The Balaban J connectivity index is 1.77. The number of nitrogens with zero attached hydrogens (tertiary/aromatic N) is 1. The summed E-state index contributed by atoms with van der Waals surface area (Å²) < 4.78 is 5.33. The van der Waals surface area contributed by atoms with Crippen molar-refractivity contribution in [2.24, 2.45) is 0 Å². The van der Waals surface area contributed by atoms with Gasteiger partial charge in [-0.05, 0) is 30.2 Å². The number of para-hydroxylation sites is 1. The molecule has 0 aliphatic rings. The van der Waals surface area contributed by atoms with Gasteiger partial charge in [-0.3, -0.25) is 9.69 Å². The van der Waals surface area contributed by atoms with Gasteiger partial charge in [0.2, 0.25) is 5.91 Å². The molecule has 0 saturated heterocycles. The SMILES string of the molecule is CCN(CC(=O)NCCc1ccccc1OC)Cc1ccccc1. The number of nitrogens with one attached hydrogen (secondary N) is 1. The monoisotopic (exact) mass is 326 g/mol. The first-order chi connectivity index (χ1) is 11.7. The summed E-state index contributed by atoms with van der Waals surface area (Å²) in [6.45, 7) is 4.73. The number of ether oxygens (including phenoxy) is 1. The molecule has 0 saturated carbocycles. The summed E-state index contributed by atoms with van der Waals surface area (Å²) in [5.41, 5.74) is 2.33. The molecule has 0 atom stereocenters. The Bertz CT molecular complexity index is 629. The van der Waals surface area contributed by atoms with E-state index >= 15 is 0 Å². The summed E-state index contributed by atoms with van der Waals surface area (Å²) in [7, 11) is 1.67. The van der Waals surface area contributed by atoms with Crippen molar-refractivity contribution in [2.45, 2.75) is 19.9 Å². The van der Waals surface area contributed by atoms with Gasteiger partial charge in [0.05, 0.1) is 13.7 Å². The topological polar surface area (TPSA) is 41.6 Å². The van der Waals surface area contributed by atoms with Crippen LogP contribution >= 0.6 is 0 Å². The van der Waals surface area contributed by atoms with Crippen molar-refractivity contribution in [3.05, 3.63) is 65.7 Å². The molecule has 0 unspecified atom stereocenters. The number of benzene rings is 2. The molecule has 128 valence electrons. The van der Waals surface area contributed by atoms with Gasteiger partial charge in [-0.15, -0.1) is 0 Å². The molecule has 0 fully saturated rings. The van der Waals surface area contributed by atoms with E-state index in [9.17, 15) is 4.79 Å². The molecule has 0 radical (unpaired) electrons. The molecule has 0 spiro atoms. The smallest absolute Gasteiger partial charge is 0.234 e. The normalized spacial score (nSPS) is 10.6. The quantitative estimate of drug-likeness (QED) is 0.770. The zero-order valence-corrected chi connectivity index (χ0v) is 14.5. The van der Waals surface area contributed by atoms with Gasteiger partial charge in [-0.25, -0.2) is 0 Å². The maximum atomic E-state index is 12.2. The highest BCUT2D eigenvalue weighted by molar-refractivity contribution is 5.78. The van der Waals surface area contributed by atoms with Crippen molar-refractivity contribution < 1.29 is 9.53 Å². The highest BCUT2D eigenvalue weighted by atomic mass is 16.5. The van der Waals surface area contributed by atoms with E-state index in [0.29, 0.717) is 13.1 Å². The van der Waals surface area contributed by atoms with Crippen molar-refractivity contribution in [3.63, 3.8) is 0 Å². The predicted molar refractivity (Wildman–Crippen MR) is 97.1 cm³/mol. The predicted octanol–water partition coefficient (Wildman–Crippen LogP) is 2.88. The Morgan fingerprint density at radius 3 is 2.50 bits per heavy atom. The van der Waals surface area contributed by atoms with E-state index in [2.05, 4.69) is 29.3 Å². The Labute approximate surface area is 144 Å². The van der Waals surface area contributed by atoms with Gasteiger partial charge in [0.25, 0.3) is 0 Å². The molecule has 24 heavy (non-hydrogen) atoms. The molecule has 2 rings (SSSR count). The van der Waals surface area contributed by atoms with Crippen molar-refractivity contribution in [1.82, 2.24) is 10.2 Å². The van der Waals surface area contributed by atoms with E-state index in [-0.39, 0.29) is 5.91 Å². The van der Waals surface area contributed by atoms with Gasteiger partial charge in [0.1, 0.15) is 5.75 Å². The van der Waals surface area contributed by atoms with Crippen molar-refractivity contribution in [3.8, 4) is 5.75 Å². The van der Waals surface area contributed by atoms with Gasteiger partial charge in [-0.1, -0.05) is 55.5 Å². The van der Waals surface area contributed by atoms with Crippen LogP contribution in [0.5, 0.6) is 5.75 Å². The molecule has 4 nitrogen and oxygen atoms in total. The van der Waals surface area contributed by atoms with Gasteiger partial charge in [-0.2, -0.15) is 0 Å². The maximum absolute atomic E-state index is 12.2. The molecule has 1 N–H and O–H groups in total. The fraction of sp³-hybridized carbons (Fsp3) is 0.350. The second-order valence-corrected chi connectivity index (χ2v) is 5.70. The Kier molecular flexibility index (Phi) is 7.30. The average molecular weight is 326 g/mol. The summed E-state index contributed by atoms with van der Waals surface area (Å²) in [5.74, 6) is 0.925. The van der Waals surface area contributed by atoms with Crippen LogP contribution in [-0.2, 0) is 17.8 Å². The third-order valence-corrected chi connectivity index (χ3v) is 3.97. The number of likely N-dealkylation sites (N-methyl/N-ethyl adjacent to an activating group) is 1. The number of hydrogen-bond donors (Lipinski definition) is 1. The lowest BCUT2D eigenvalue weighted by Gasteiger charge is -2.20. The minimum absolute atomic E-state index is 0.0580. The van der Waals surface area contributed by atoms with Crippen molar-refractivity contribution >= 4 is 5.91 Å². The number of methoxy groups -OCH3 is 1. The average Bonchev–Trinajstić information content (AvgIpc) is 2.62. The van der Waals surface area contributed by atoms with Crippen molar-refractivity contribution in [1.29, 1.82) is 0 Å². The number of carbonyl (C=O) groups is 1. The molecular formula is C20H26N2O2. The number of hydrogen-bond acceptors (Lipinski definition) is 3. The lowest BCUT2D eigenvalue weighted by molar-refractivity contribution is -0.122. The summed E-state index contributed by atoms with van der Waals surface area (Å²) in [5, 5.41) is 3.00. The maximum Gasteiger partial charge on any atom is 0.234 e. The van der Waals surface area contributed by atoms with Gasteiger partial charge >= 0.3 is 0 Å². The van der Waals surface area contributed by atoms with E-state index in [0.717, 1.165) is 30.8 Å². The van der Waals surface area contributed by atoms with Crippen LogP contribution in [-0.4, -0.2) is 37.6 Å². The van der Waals surface area contributed by atoms with E-state index in [1.807, 2.05) is 42.5 Å². The first-order valence-corrected chi connectivity index (χ1v) is 8.37. The van der Waals surface area contributed by atoms with E-state index in [1.165, 1.54) is 5.56 Å². The summed E-state index contributed by atoms with van der Waals surface area (Å²) in [6.07, 6.45) is 0.764. The van der Waals surface area contributed by atoms with Crippen LogP contribution in [0.4, 0.5) is 0 Å². The lowest BCUT2D eigenvalue weighted by Crippen LogP contribution is -2.37. The largest absolute Gasteiger partial charge is 0.496 e. The number of rotatable bonds is 9. The van der Waals surface area contributed by atoms with Gasteiger partial charge < -0.3 is 10.1 Å². The molecular weight excluding hydrogens is 300 g/mol. The molecule has 0 bridgehead atoms. The van der Waals surface area contributed by atoms with Crippen molar-refractivity contribution in [2.75, 3.05) is 26.7 Å². The van der Waals surface area contributed by atoms with Gasteiger partial charge in [0, 0.05) is 13.1 Å². The first-order valence-electron chi connectivity index (χ1n) is 8.37. The van der Waals surface area contributed by atoms with Crippen LogP contribution < -0.4 is 10.1 Å². The molecule has 1 amide bonds. The number of carbonyl (C=O) groups excluding carboxylic acids is 1. The van der Waals surface area contributed by atoms with Crippen LogP contribution in [0.25, 0.3) is 0 Å². The van der Waals surface area contributed by atoms with E-state index in [1.54, 1.807) is 7.11 Å². The van der Waals surface area contributed by atoms with Crippen LogP contribution in [0.3, 0.4) is 0 Å². The van der Waals surface area contributed by atoms with Crippen LogP contribution in [0, 0.1) is 0 Å². The first kappa shape index (κ1) is 18.0. The Hall–Kier alpha value is -2.33. The fourth-order valence-electron chi connectivity index (χ4n) is 2.63. The molecule has 0 aromatic heterocycles. The Morgan fingerprint density at radius 2 is 1.79 bits per heavy atom. The second-order valence-electron chi connectivity index (χ2n) is 5.70. The highest BCUT2D eigenvalue weighted by Gasteiger charge is 2.10. The summed E-state index contributed by atoms with van der Waals surface area (Å²) in [6, 6.07) is 18.1. The zero-order valence-electron chi connectivity index (χ0n) is 14.5. The lowest BCUT2D eigenvalue weighted by atomic mass is 10.1. The molecule has 0 aliphatic carbocycles. The standard InChI is InChI=1S/C20H26N2O2/c1-3-22(15-17-9-5-4-6-10-17)16-20(23)21-14-13-18-11-7-8-12-19(18)24-2/h4-12H,3,13-16H2,1-2H3,(H,21,23). The third-order valence-electron chi connectivity index (χ3n) is 3.97. The fourth-order valence-corrected chi connectivity index (χ4v) is 2.63. The van der Waals surface area contributed by atoms with E-state index < -0.39 is 0 Å². The second kappa shape index (κ2) is 9.73. The zero-order chi connectivity index (χ0) is 17.2. The van der Waals surface area contributed by atoms with E-state index in [4.69, 9.17) is 4.74 Å². The molecule has 0 aliphatic heterocycles. The van der Waals surface area contributed by atoms with Crippen LogP contribution in [0.1, 0.15) is 18.1 Å². The molecule has 2 aromatic rings. The minimum atomic E-state index is 0.0580. The molecule has 2 aromatic carbocycles. The summed E-state index contributed by atoms with van der Waals surface area (Å²) >= 11 is 0.